The van der Waals surface area contributed by atoms with Crippen molar-refractivity contribution in [3.8, 4) is 23.0 Å². The van der Waals surface area contributed by atoms with Gasteiger partial charge >= 0.3 is 0 Å². The smallest absolute Gasteiger partial charge is 0.272 e. The molecule has 1 amide bonds. The first-order valence-corrected chi connectivity index (χ1v) is 10.5. The minimum atomic E-state index is -0.180. The molecule has 2 aromatic carbocycles. The van der Waals surface area contributed by atoms with Gasteiger partial charge in [0.15, 0.2) is 0 Å². The number of para-hydroxylation sites is 1. The third-order valence-electron chi connectivity index (χ3n) is 5.50. The standard InChI is InChI=1S/C24H22N6O2/c1-3-32-20-12-8-7-11-17(20)18-13-21(31)27-23-22(18)15(2)29-30(23)24-26-19(14-25-28-24)16-9-5-4-6-10-16/h4-12,14,18H,3,13H2,1-2H3,(H,27,31)/t18-/m0/s1. The van der Waals surface area contributed by atoms with Crippen molar-refractivity contribution in [3.05, 3.63) is 77.6 Å². The van der Waals surface area contributed by atoms with Gasteiger partial charge in [-0.2, -0.15) is 14.9 Å². The van der Waals surface area contributed by atoms with Crippen LogP contribution >= 0.6 is 0 Å². The molecule has 0 aliphatic carbocycles. The molecule has 8 nitrogen and oxygen atoms in total. The van der Waals surface area contributed by atoms with Crippen LogP contribution in [-0.4, -0.2) is 37.5 Å². The van der Waals surface area contributed by atoms with Crippen LogP contribution in [0.1, 0.15) is 36.1 Å². The Labute approximate surface area is 185 Å². The van der Waals surface area contributed by atoms with Gasteiger partial charge in [0.2, 0.25) is 5.91 Å². The highest BCUT2D eigenvalue weighted by molar-refractivity contribution is 5.95. The Morgan fingerprint density at radius 3 is 2.72 bits per heavy atom. The summed E-state index contributed by atoms with van der Waals surface area (Å²) >= 11 is 0. The van der Waals surface area contributed by atoms with Crippen LogP contribution in [0.5, 0.6) is 5.75 Å². The molecule has 4 aromatic rings. The molecule has 3 heterocycles. The van der Waals surface area contributed by atoms with Crippen LogP contribution in [0.3, 0.4) is 0 Å². The molecule has 0 unspecified atom stereocenters. The largest absolute Gasteiger partial charge is 0.494 e. The number of anilines is 1. The molecule has 0 radical (unpaired) electrons. The fourth-order valence-corrected chi connectivity index (χ4v) is 4.14. The zero-order valence-electron chi connectivity index (χ0n) is 17.8. The number of benzene rings is 2. The van der Waals surface area contributed by atoms with Crippen molar-refractivity contribution in [1.29, 1.82) is 0 Å². The highest BCUT2D eigenvalue weighted by Gasteiger charge is 2.34. The Morgan fingerprint density at radius 1 is 1.12 bits per heavy atom. The molecule has 1 N–H and O–H groups in total. The number of nitrogens with one attached hydrogen (secondary N) is 1. The summed E-state index contributed by atoms with van der Waals surface area (Å²) in [5.74, 6) is 1.37. The number of aromatic nitrogens is 5. The van der Waals surface area contributed by atoms with E-state index in [4.69, 9.17) is 4.74 Å². The maximum absolute atomic E-state index is 12.7. The highest BCUT2D eigenvalue weighted by Crippen LogP contribution is 2.42. The van der Waals surface area contributed by atoms with Crippen molar-refractivity contribution >= 4 is 11.7 Å². The van der Waals surface area contributed by atoms with Crippen molar-refractivity contribution in [2.24, 2.45) is 0 Å². The molecule has 1 atom stereocenters. The van der Waals surface area contributed by atoms with Crippen molar-refractivity contribution in [3.63, 3.8) is 0 Å². The molecule has 5 rings (SSSR count). The zero-order valence-corrected chi connectivity index (χ0v) is 17.8. The maximum Gasteiger partial charge on any atom is 0.272 e. The fourth-order valence-electron chi connectivity index (χ4n) is 4.14. The number of nitrogens with zero attached hydrogens (tertiary/aromatic N) is 5. The lowest BCUT2D eigenvalue weighted by Gasteiger charge is -2.25. The van der Waals surface area contributed by atoms with Gasteiger partial charge in [-0.25, -0.2) is 4.98 Å². The summed E-state index contributed by atoms with van der Waals surface area (Å²) < 4.78 is 7.41. The van der Waals surface area contributed by atoms with E-state index in [0.717, 1.165) is 28.1 Å². The average molecular weight is 426 g/mol. The van der Waals surface area contributed by atoms with Gasteiger partial charge in [0.25, 0.3) is 5.95 Å². The Kier molecular flexibility index (Phi) is 5.10. The molecular weight excluding hydrogens is 404 g/mol. The van der Waals surface area contributed by atoms with Crippen LogP contribution in [0.4, 0.5) is 5.82 Å². The quantitative estimate of drug-likeness (QED) is 0.520. The Bertz CT molecular complexity index is 1280. The summed E-state index contributed by atoms with van der Waals surface area (Å²) in [7, 11) is 0. The predicted molar refractivity (Wildman–Crippen MR) is 120 cm³/mol. The van der Waals surface area contributed by atoms with E-state index in [0.29, 0.717) is 30.5 Å². The van der Waals surface area contributed by atoms with Gasteiger partial charge in [0.1, 0.15) is 11.6 Å². The van der Waals surface area contributed by atoms with Crippen LogP contribution in [0.15, 0.2) is 60.8 Å². The molecule has 0 saturated heterocycles. The summed E-state index contributed by atoms with van der Waals surface area (Å²) in [4.78, 5) is 17.4. The SMILES string of the molecule is CCOc1ccccc1[C@@H]1CC(=O)Nc2c1c(C)nn2-c1nncc(-c2ccccc2)n1. The number of ether oxygens (including phenoxy) is 1. The summed E-state index contributed by atoms with van der Waals surface area (Å²) in [5.41, 5.74) is 4.30. The summed E-state index contributed by atoms with van der Waals surface area (Å²) in [6.45, 7) is 4.42. The lowest BCUT2D eigenvalue weighted by Crippen LogP contribution is -2.25. The second kappa shape index (κ2) is 8.22. The first-order valence-electron chi connectivity index (χ1n) is 10.5. The Hall–Kier alpha value is -4.07. The van der Waals surface area contributed by atoms with Crippen molar-refractivity contribution < 1.29 is 9.53 Å². The minimum absolute atomic E-state index is 0.0953. The number of hydrogen-bond acceptors (Lipinski definition) is 6. The molecule has 32 heavy (non-hydrogen) atoms. The molecule has 8 heteroatoms. The number of hydrogen-bond donors (Lipinski definition) is 1. The van der Waals surface area contributed by atoms with E-state index in [1.54, 1.807) is 10.9 Å². The van der Waals surface area contributed by atoms with Gasteiger partial charge in [0.05, 0.1) is 24.2 Å². The van der Waals surface area contributed by atoms with E-state index in [-0.39, 0.29) is 11.8 Å². The van der Waals surface area contributed by atoms with Crippen LogP contribution in [0.2, 0.25) is 0 Å². The normalized spacial score (nSPS) is 15.2. The average Bonchev–Trinajstić information content (AvgIpc) is 3.16. The van der Waals surface area contributed by atoms with Crippen molar-refractivity contribution in [2.45, 2.75) is 26.2 Å². The number of carbonyl (C=O) groups excluding carboxylic acids is 1. The number of fused-ring (bicyclic) bond motifs is 1. The molecule has 160 valence electrons. The van der Waals surface area contributed by atoms with Crippen LogP contribution in [-0.2, 0) is 4.79 Å². The molecule has 1 aliphatic rings. The van der Waals surface area contributed by atoms with Gasteiger partial charge < -0.3 is 10.1 Å². The maximum atomic E-state index is 12.7. The van der Waals surface area contributed by atoms with Crippen LogP contribution in [0, 0.1) is 6.92 Å². The third kappa shape index (κ3) is 3.49. The van der Waals surface area contributed by atoms with Crippen LogP contribution < -0.4 is 10.1 Å². The van der Waals surface area contributed by atoms with E-state index >= 15 is 0 Å². The third-order valence-corrected chi connectivity index (χ3v) is 5.50. The highest BCUT2D eigenvalue weighted by atomic mass is 16.5. The summed E-state index contributed by atoms with van der Waals surface area (Å²) in [6.07, 6.45) is 1.92. The second-order valence-electron chi connectivity index (χ2n) is 7.54. The summed E-state index contributed by atoms with van der Waals surface area (Å²) in [5, 5.41) is 16.0. The molecule has 0 saturated carbocycles. The van der Waals surface area contributed by atoms with Crippen LogP contribution in [0.25, 0.3) is 17.2 Å². The number of amides is 1. The van der Waals surface area contributed by atoms with Gasteiger partial charge in [0, 0.05) is 29.0 Å². The van der Waals surface area contributed by atoms with Crippen molar-refractivity contribution in [2.75, 3.05) is 11.9 Å². The molecule has 2 aromatic heterocycles. The topological polar surface area (TPSA) is 94.8 Å². The van der Waals surface area contributed by atoms with Gasteiger partial charge in [-0.1, -0.05) is 48.5 Å². The molecule has 0 spiro atoms. The van der Waals surface area contributed by atoms with E-state index in [9.17, 15) is 4.79 Å². The first kappa shape index (κ1) is 19.9. The fraction of sp³-hybridized carbons (Fsp3) is 0.208. The van der Waals surface area contributed by atoms with E-state index in [2.05, 4.69) is 25.6 Å². The minimum Gasteiger partial charge on any atom is -0.494 e. The molecule has 0 fully saturated rings. The molecular formula is C24H22N6O2. The lowest BCUT2D eigenvalue weighted by molar-refractivity contribution is -0.116. The first-order chi connectivity index (χ1) is 15.7. The predicted octanol–water partition coefficient (Wildman–Crippen LogP) is 3.91. The number of rotatable bonds is 5. The van der Waals surface area contributed by atoms with Gasteiger partial charge in [-0.3, -0.25) is 4.79 Å². The molecule has 0 bridgehead atoms. The second-order valence-corrected chi connectivity index (χ2v) is 7.54. The van der Waals surface area contributed by atoms with Gasteiger partial charge in [-0.15, -0.1) is 5.10 Å². The molecule has 1 aliphatic heterocycles. The lowest BCUT2D eigenvalue weighted by atomic mass is 9.85. The van der Waals surface area contributed by atoms with E-state index in [1.807, 2.05) is 68.4 Å². The Morgan fingerprint density at radius 2 is 1.91 bits per heavy atom. The number of aryl methyl sites for hydroxylation is 1. The number of carbonyl (C=O) groups is 1. The van der Waals surface area contributed by atoms with Gasteiger partial charge in [-0.05, 0) is 19.9 Å². The monoisotopic (exact) mass is 426 g/mol. The van der Waals surface area contributed by atoms with E-state index < -0.39 is 0 Å². The zero-order chi connectivity index (χ0) is 22.1. The van der Waals surface area contributed by atoms with E-state index in [1.165, 1.54) is 0 Å². The summed E-state index contributed by atoms with van der Waals surface area (Å²) in [6, 6.07) is 17.6. The van der Waals surface area contributed by atoms with Crippen molar-refractivity contribution in [1.82, 2.24) is 25.0 Å². The Balaban J connectivity index is 1.62.